The molecular weight excluding hydrogens is 476 g/mol. The molecule has 0 amide bonds. The standard InChI is InChI=1S/2C12H19NO3S/c2*1-4-16-12-7-10(6-5-9(12)2)11(13)8-17(3,14)15/h2*5-7,11H,4,8,13H2,1-3H3. The molecule has 0 fully saturated rings. The summed E-state index contributed by atoms with van der Waals surface area (Å²) < 4.78 is 55.6. The van der Waals surface area contributed by atoms with Crippen molar-refractivity contribution in [3.63, 3.8) is 0 Å². The fraction of sp³-hybridized carbons (Fsp3) is 0.500. The van der Waals surface area contributed by atoms with E-state index in [0.717, 1.165) is 33.8 Å². The fourth-order valence-electron chi connectivity index (χ4n) is 3.16. The predicted molar refractivity (Wildman–Crippen MR) is 138 cm³/mol. The molecule has 2 aromatic carbocycles. The van der Waals surface area contributed by atoms with Crippen LogP contribution in [0.2, 0.25) is 0 Å². The summed E-state index contributed by atoms with van der Waals surface area (Å²) in [6, 6.07) is 10.1. The summed E-state index contributed by atoms with van der Waals surface area (Å²) in [6.45, 7) is 8.84. The first kappa shape index (κ1) is 29.9. The van der Waals surface area contributed by atoms with Gasteiger partial charge in [0.15, 0.2) is 0 Å². The van der Waals surface area contributed by atoms with Gasteiger partial charge in [0, 0.05) is 24.6 Å². The van der Waals surface area contributed by atoms with Gasteiger partial charge >= 0.3 is 0 Å². The summed E-state index contributed by atoms with van der Waals surface area (Å²) in [5.41, 5.74) is 15.3. The van der Waals surface area contributed by atoms with E-state index < -0.39 is 31.8 Å². The topological polar surface area (TPSA) is 139 Å². The monoisotopic (exact) mass is 514 g/mol. The molecule has 2 rings (SSSR count). The van der Waals surface area contributed by atoms with Gasteiger partial charge < -0.3 is 20.9 Å². The van der Waals surface area contributed by atoms with Crippen molar-refractivity contribution in [2.45, 2.75) is 39.8 Å². The maximum absolute atomic E-state index is 11.2. The highest BCUT2D eigenvalue weighted by Crippen LogP contribution is 2.24. The van der Waals surface area contributed by atoms with Gasteiger partial charge in [0.1, 0.15) is 31.2 Å². The van der Waals surface area contributed by atoms with E-state index >= 15 is 0 Å². The number of sulfone groups is 2. The van der Waals surface area contributed by atoms with Crippen molar-refractivity contribution in [2.24, 2.45) is 11.5 Å². The van der Waals surface area contributed by atoms with Crippen LogP contribution in [-0.4, -0.2) is 54.1 Å². The molecule has 0 aliphatic carbocycles. The number of nitrogens with two attached hydrogens (primary N) is 2. The van der Waals surface area contributed by atoms with Crippen LogP contribution in [0.3, 0.4) is 0 Å². The van der Waals surface area contributed by atoms with E-state index in [1.807, 2.05) is 64.1 Å². The number of hydrogen-bond donors (Lipinski definition) is 2. The Balaban J connectivity index is 0.000000340. The molecular formula is C24H38N2O6S2. The zero-order valence-corrected chi connectivity index (χ0v) is 22.5. The molecule has 8 nitrogen and oxygen atoms in total. The zero-order valence-electron chi connectivity index (χ0n) is 20.9. The Morgan fingerprint density at radius 1 is 0.706 bits per heavy atom. The molecule has 0 saturated heterocycles. The molecule has 4 N–H and O–H groups in total. The normalized spacial score (nSPS) is 13.4. The van der Waals surface area contributed by atoms with Gasteiger partial charge in [-0.25, -0.2) is 16.8 Å². The van der Waals surface area contributed by atoms with Crippen LogP contribution in [-0.2, 0) is 19.7 Å². The molecule has 0 spiro atoms. The molecule has 0 aliphatic rings. The Labute approximate surface area is 204 Å². The van der Waals surface area contributed by atoms with Gasteiger partial charge in [0.25, 0.3) is 0 Å². The lowest BCUT2D eigenvalue weighted by atomic mass is 10.1. The molecule has 0 saturated carbocycles. The molecule has 0 aliphatic heterocycles. The summed E-state index contributed by atoms with van der Waals surface area (Å²) in [5, 5.41) is 0. The van der Waals surface area contributed by atoms with Gasteiger partial charge in [-0.15, -0.1) is 0 Å². The number of aryl methyl sites for hydroxylation is 2. The quantitative estimate of drug-likeness (QED) is 0.493. The highest BCUT2D eigenvalue weighted by atomic mass is 32.2. The Morgan fingerprint density at radius 3 is 1.29 bits per heavy atom. The van der Waals surface area contributed by atoms with Crippen LogP contribution in [0.15, 0.2) is 36.4 Å². The lowest BCUT2D eigenvalue weighted by Gasteiger charge is -2.14. The van der Waals surface area contributed by atoms with Crippen molar-refractivity contribution in [3.8, 4) is 11.5 Å². The van der Waals surface area contributed by atoms with E-state index in [2.05, 4.69) is 0 Å². The number of ether oxygens (including phenoxy) is 2. The first-order chi connectivity index (χ1) is 15.7. The van der Waals surface area contributed by atoms with E-state index in [1.54, 1.807) is 0 Å². The van der Waals surface area contributed by atoms with E-state index in [-0.39, 0.29) is 11.5 Å². The van der Waals surface area contributed by atoms with Crippen molar-refractivity contribution >= 4 is 19.7 Å². The molecule has 192 valence electrons. The van der Waals surface area contributed by atoms with Crippen molar-refractivity contribution < 1.29 is 26.3 Å². The number of benzene rings is 2. The molecule has 0 heterocycles. The van der Waals surface area contributed by atoms with Crippen LogP contribution in [0.25, 0.3) is 0 Å². The van der Waals surface area contributed by atoms with Crippen LogP contribution in [0.1, 0.15) is 48.2 Å². The summed E-state index contributed by atoms with van der Waals surface area (Å²) in [7, 11) is -6.15. The number of rotatable bonds is 10. The summed E-state index contributed by atoms with van der Waals surface area (Å²) in [6.07, 6.45) is 2.37. The molecule has 0 radical (unpaired) electrons. The summed E-state index contributed by atoms with van der Waals surface area (Å²) >= 11 is 0. The second kappa shape index (κ2) is 13.1. The highest BCUT2D eigenvalue weighted by Gasteiger charge is 2.15. The molecule has 10 heteroatoms. The van der Waals surface area contributed by atoms with Gasteiger partial charge in [0.2, 0.25) is 0 Å². The molecule has 0 aromatic heterocycles. The molecule has 2 aromatic rings. The molecule has 34 heavy (non-hydrogen) atoms. The van der Waals surface area contributed by atoms with E-state index in [4.69, 9.17) is 20.9 Å². The van der Waals surface area contributed by atoms with E-state index in [1.165, 1.54) is 12.5 Å². The molecule has 2 atom stereocenters. The second-order valence-corrected chi connectivity index (χ2v) is 12.7. The van der Waals surface area contributed by atoms with Crippen LogP contribution < -0.4 is 20.9 Å². The van der Waals surface area contributed by atoms with Crippen molar-refractivity contribution in [2.75, 3.05) is 37.2 Å². The first-order valence-corrected chi connectivity index (χ1v) is 15.1. The Hall–Kier alpha value is -2.14. The fourth-order valence-corrected chi connectivity index (χ4v) is 4.85. The smallest absolute Gasteiger partial charge is 0.149 e. The SMILES string of the molecule is CCOc1cc(C(N)CS(C)(=O)=O)ccc1C.CCOc1cc(C(N)CS(C)(=O)=O)ccc1C. The van der Waals surface area contributed by atoms with E-state index in [9.17, 15) is 16.8 Å². The maximum Gasteiger partial charge on any atom is 0.149 e. The Morgan fingerprint density at radius 2 is 1.03 bits per heavy atom. The third-order valence-corrected chi connectivity index (χ3v) is 6.77. The third kappa shape index (κ3) is 10.9. The summed E-state index contributed by atoms with van der Waals surface area (Å²) in [5.74, 6) is 1.41. The lowest BCUT2D eigenvalue weighted by Crippen LogP contribution is -2.20. The van der Waals surface area contributed by atoms with Gasteiger partial charge in [-0.2, -0.15) is 0 Å². The minimum atomic E-state index is -3.07. The minimum Gasteiger partial charge on any atom is -0.494 e. The zero-order chi connectivity index (χ0) is 26.1. The van der Waals surface area contributed by atoms with Gasteiger partial charge in [-0.3, -0.25) is 0 Å². The summed E-state index contributed by atoms with van der Waals surface area (Å²) in [4.78, 5) is 0. The second-order valence-electron chi connectivity index (χ2n) is 8.31. The van der Waals surface area contributed by atoms with Crippen molar-refractivity contribution in [1.29, 1.82) is 0 Å². The molecule has 2 unspecified atom stereocenters. The minimum absolute atomic E-state index is 0.0539. The van der Waals surface area contributed by atoms with Crippen molar-refractivity contribution in [3.05, 3.63) is 58.7 Å². The van der Waals surface area contributed by atoms with Crippen molar-refractivity contribution in [1.82, 2.24) is 0 Å². The van der Waals surface area contributed by atoms with Crippen LogP contribution in [0.5, 0.6) is 11.5 Å². The predicted octanol–water partition coefficient (Wildman–Crippen LogP) is 2.88. The third-order valence-electron chi connectivity index (χ3n) is 4.85. The first-order valence-electron chi connectivity index (χ1n) is 11.0. The van der Waals surface area contributed by atoms with Crippen LogP contribution in [0, 0.1) is 13.8 Å². The van der Waals surface area contributed by atoms with Gasteiger partial charge in [0.05, 0.1) is 24.7 Å². The average molecular weight is 515 g/mol. The largest absolute Gasteiger partial charge is 0.494 e. The number of hydrogen-bond acceptors (Lipinski definition) is 8. The average Bonchev–Trinajstić information content (AvgIpc) is 2.69. The molecule has 0 bridgehead atoms. The van der Waals surface area contributed by atoms with Gasteiger partial charge in [-0.1, -0.05) is 24.3 Å². The van der Waals surface area contributed by atoms with Crippen LogP contribution >= 0.6 is 0 Å². The lowest BCUT2D eigenvalue weighted by molar-refractivity contribution is 0.337. The Kier molecular flexibility index (Phi) is 11.5. The highest BCUT2D eigenvalue weighted by molar-refractivity contribution is 7.90. The van der Waals surface area contributed by atoms with Gasteiger partial charge in [-0.05, 0) is 62.1 Å². The van der Waals surface area contributed by atoms with E-state index in [0.29, 0.717) is 13.2 Å². The Bertz CT molecular complexity index is 1060. The maximum atomic E-state index is 11.2. The van der Waals surface area contributed by atoms with Crippen LogP contribution in [0.4, 0.5) is 0 Å².